The first-order valence-corrected chi connectivity index (χ1v) is 11.9. The number of imide groups is 2. The van der Waals surface area contributed by atoms with Crippen molar-refractivity contribution in [1.82, 2.24) is 5.32 Å². The number of para-hydroxylation sites is 1. The summed E-state index contributed by atoms with van der Waals surface area (Å²) in [5, 5.41) is 2.24. The van der Waals surface area contributed by atoms with E-state index < -0.39 is 17.8 Å². The van der Waals surface area contributed by atoms with Crippen molar-refractivity contribution in [1.29, 1.82) is 0 Å². The monoisotopic (exact) mass is 464 g/mol. The average molecular weight is 465 g/mol. The summed E-state index contributed by atoms with van der Waals surface area (Å²) in [7, 11) is 0. The predicted octanol–water partition coefficient (Wildman–Crippen LogP) is 5.49. The molecule has 0 unspecified atom stereocenters. The number of hydrogen-bond donors (Lipinski definition) is 1. The van der Waals surface area contributed by atoms with Crippen LogP contribution in [0.3, 0.4) is 0 Å². The molecule has 1 aliphatic rings. The number of nitrogens with one attached hydrogen (secondary N) is 1. The predicted molar refractivity (Wildman–Crippen MR) is 132 cm³/mol. The summed E-state index contributed by atoms with van der Waals surface area (Å²) in [5.74, 6) is -0.245. The van der Waals surface area contributed by atoms with E-state index in [1.165, 1.54) is 31.8 Å². The van der Waals surface area contributed by atoms with E-state index in [1.54, 1.807) is 48.5 Å². The number of anilines is 1. The molecule has 34 heavy (non-hydrogen) atoms. The molecule has 0 radical (unpaired) electrons. The van der Waals surface area contributed by atoms with Crippen molar-refractivity contribution in [3.05, 3.63) is 59.7 Å². The van der Waals surface area contributed by atoms with Gasteiger partial charge in [0.15, 0.2) is 11.5 Å². The molecule has 7 heteroatoms. The molecule has 0 bridgehead atoms. The van der Waals surface area contributed by atoms with Crippen LogP contribution in [0.4, 0.5) is 10.5 Å². The highest BCUT2D eigenvalue weighted by Crippen LogP contribution is 2.30. The first kappa shape index (κ1) is 25.0. The normalized spacial score (nSPS) is 14.9. The minimum atomic E-state index is -0.771. The van der Waals surface area contributed by atoms with Crippen LogP contribution in [0.15, 0.2) is 54.1 Å². The van der Waals surface area contributed by atoms with Crippen molar-refractivity contribution in [2.75, 3.05) is 18.1 Å². The third kappa shape index (κ3) is 6.47. The fourth-order valence-corrected chi connectivity index (χ4v) is 3.70. The minimum Gasteiger partial charge on any atom is -0.490 e. The van der Waals surface area contributed by atoms with E-state index in [9.17, 15) is 14.4 Å². The summed E-state index contributed by atoms with van der Waals surface area (Å²) in [6.07, 6.45) is 8.51. The molecule has 0 saturated carbocycles. The standard InChI is InChI=1S/C27H32N2O5/c1-3-5-6-7-8-12-17-34-23-16-15-20(19-24(23)33-4-2)18-22-25(30)28-27(32)29(26(22)31)21-13-10-9-11-14-21/h9-11,13-16,18-19H,3-8,12,17H2,1-2H3,(H,28,30,32)/b22-18-. The second-order valence-electron chi connectivity index (χ2n) is 8.05. The molecule has 1 saturated heterocycles. The van der Waals surface area contributed by atoms with Crippen molar-refractivity contribution < 1.29 is 23.9 Å². The van der Waals surface area contributed by atoms with Crippen LogP contribution >= 0.6 is 0 Å². The van der Waals surface area contributed by atoms with Crippen LogP contribution in [0.2, 0.25) is 0 Å². The molecule has 1 N–H and O–H groups in total. The minimum absolute atomic E-state index is 0.133. The molecule has 3 rings (SSSR count). The van der Waals surface area contributed by atoms with Gasteiger partial charge in [-0.3, -0.25) is 14.9 Å². The van der Waals surface area contributed by atoms with Gasteiger partial charge in [-0.25, -0.2) is 9.69 Å². The Morgan fingerprint density at radius 1 is 0.853 bits per heavy atom. The van der Waals surface area contributed by atoms with Crippen molar-refractivity contribution in [2.24, 2.45) is 0 Å². The van der Waals surface area contributed by atoms with Crippen LogP contribution in [-0.4, -0.2) is 31.1 Å². The Morgan fingerprint density at radius 2 is 1.59 bits per heavy atom. The summed E-state index contributed by atoms with van der Waals surface area (Å²) in [5.41, 5.74) is 0.847. The lowest BCUT2D eigenvalue weighted by Crippen LogP contribution is -2.54. The maximum Gasteiger partial charge on any atom is 0.335 e. The van der Waals surface area contributed by atoms with Crippen molar-refractivity contribution in [3.63, 3.8) is 0 Å². The lowest BCUT2D eigenvalue weighted by Gasteiger charge is -2.26. The molecule has 180 valence electrons. The Kier molecular flexibility index (Phi) is 9.26. The van der Waals surface area contributed by atoms with Crippen LogP contribution in [0.25, 0.3) is 6.08 Å². The van der Waals surface area contributed by atoms with Crippen molar-refractivity contribution in [3.8, 4) is 11.5 Å². The van der Waals surface area contributed by atoms with Gasteiger partial charge in [0, 0.05) is 0 Å². The van der Waals surface area contributed by atoms with E-state index in [4.69, 9.17) is 9.47 Å². The number of ether oxygens (including phenoxy) is 2. The van der Waals surface area contributed by atoms with Crippen LogP contribution in [0.5, 0.6) is 11.5 Å². The quantitative estimate of drug-likeness (QED) is 0.255. The van der Waals surface area contributed by atoms with Crippen LogP contribution in [-0.2, 0) is 9.59 Å². The number of nitrogens with zero attached hydrogens (tertiary/aromatic N) is 1. The van der Waals surface area contributed by atoms with E-state index in [2.05, 4.69) is 12.2 Å². The van der Waals surface area contributed by atoms with Gasteiger partial charge in [0.05, 0.1) is 18.9 Å². The first-order valence-electron chi connectivity index (χ1n) is 11.9. The molecule has 1 heterocycles. The number of urea groups is 1. The Morgan fingerprint density at radius 3 is 2.32 bits per heavy atom. The summed E-state index contributed by atoms with van der Waals surface area (Å²) in [4.78, 5) is 38.7. The smallest absolute Gasteiger partial charge is 0.335 e. The SMILES string of the molecule is CCCCCCCCOc1ccc(/C=C2/C(=O)NC(=O)N(c3ccccc3)C2=O)cc1OCC. The molecule has 2 aromatic rings. The molecule has 0 spiro atoms. The molecule has 0 aromatic heterocycles. The van der Waals surface area contributed by atoms with E-state index >= 15 is 0 Å². The largest absolute Gasteiger partial charge is 0.490 e. The van der Waals surface area contributed by atoms with Crippen LogP contribution in [0.1, 0.15) is 57.9 Å². The molecular weight excluding hydrogens is 432 g/mol. The zero-order valence-electron chi connectivity index (χ0n) is 19.8. The van der Waals surface area contributed by atoms with Crippen molar-refractivity contribution in [2.45, 2.75) is 52.4 Å². The number of carbonyl (C=O) groups excluding carboxylic acids is 3. The maximum atomic E-state index is 13.0. The molecule has 7 nitrogen and oxygen atoms in total. The zero-order valence-corrected chi connectivity index (χ0v) is 19.8. The fraction of sp³-hybridized carbons (Fsp3) is 0.370. The summed E-state index contributed by atoms with van der Waals surface area (Å²) >= 11 is 0. The zero-order chi connectivity index (χ0) is 24.3. The Hall–Kier alpha value is -3.61. The number of benzene rings is 2. The van der Waals surface area contributed by atoms with Gasteiger partial charge in [0.2, 0.25) is 0 Å². The topological polar surface area (TPSA) is 84.9 Å². The molecular formula is C27H32N2O5. The molecule has 0 aliphatic carbocycles. The molecule has 1 fully saturated rings. The fourth-order valence-electron chi connectivity index (χ4n) is 3.70. The summed E-state index contributed by atoms with van der Waals surface area (Å²) < 4.78 is 11.7. The summed E-state index contributed by atoms with van der Waals surface area (Å²) in [6.45, 7) is 5.13. The molecule has 0 atom stereocenters. The number of barbiturate groups is 1. The molecule has 4 amide bonds. The third-order valence-corrected chi connectivity index (χ3v) is 5.45. The Bertz CT molecular complexity index is 1030. The lowest BCUT2D eigenvalue weighted by atomic mass is 10.1. The van der Waals surface area contributed by atoms with Gasteiger partial charge in [-0.1, -0.05) is 63.3 Å². The number of carbonyl (C=O) groups is 3. The lowest BCUT2D eigenvalue weighted by molar-refractivity contribution is -0.122. The van der Waals surface area contributed by atoms with Gasteiger partial charge in [-0.15, -0.1) is 0 Å². The highest BCUT2D eigenvalue weighted by molar-refractivity contribution is 6.39. The van der Waals surface area contributed by atoms with E-state index in [0.29, 0.717) is 36.0 Å². The number of amides is 4. The maximum absolute atomic E-state index is 13.0. The third-order valence-electron chi connectivity index (χ3n) is 5.45. The van der Waals surface area contributed by atoms with Gasteiger partial charge >= 0.3 is 6.03 Å². The molecule has 2 aromatic carbocycles. The highest BCUT2D eigenvalue weighted by atomic mass is 16.5. The molecule has 1 aliphatic heterocycles. The van der Waals surface area contributed by atoms with E-state index in [1.807, 2.05) is 6.92 Å². The van der Waals surface area contributed by atoms with Gasteiger partial charge in [0.1, 0.15) is 5.57 Å². The first-order chi connectivity index (χ1) is 16.5. The number of hydrogen-bond acceptors (Lipinski definition) is 5. The van der Waals surface area contributed by atoms with E-state index in [0.717, 1.165) is 17.7 Å². The highest BCUT2D eigenvalue weighted by Gasteiger charge is 2.36. The summed E-state index contributed by atoms with van der Waals surface area (Å²) in [6, 6.07) is 13.0. The number of rotatable bonds is 12. The number of unbranched alkanes of at least 4 members (excludes halogenated alkanes) is 5. The average Bonchev–Trinajstić information content (AvgIpc) is 2.83. The van der Waals surface area contributed by atoms with Crippen molar-refractivity contribution >= 4 is 29.6 Å². The Balaban J connectivity index is 1.74. The van der Waals surface area contributed by atoms with Gasteiger partial charge in [0.25, 0.3) is 11.8 Å². The van der Waals surface area contributed by atoms with Gasteiger partial charge in [-0.05, 0) is 49.2 Å². The van der Waals surface area contributed by atoms with Gasteiger partial charge < -0.3 is 9.47 Å². The van der Waals surface area contributed by atoms with E-state index in [-0.39, 0.29) is 5.57 Å². The Labute approximate surface area is 200 Å². The second kappa shape index (κ2) is 12.6. The van der Waals surface area contributed by atoms with Gasteiger partial charge in [-0.2, -0.15) is 0 Å². The second-order valence-corrected chi connectivity index (χ2v) is 8.05. The van der Waals surface area contributed by atoms with Crippen LogP contribution < -0.4 is 19.7 Å². The van der Waals surface area contributed by atoms with Crippen LogP contribution in [0, 0.1) is 0 Å².